The lowest BCUT2D eigenvalue weighted by Crippen LogP contribution is -2.53. The van der Waals surface area contributed by atoms with Gasteiger partial charge in [0.15, 0.2) is 0 Å². The van der Waals surface area contributed by atoms with Gasteiger partial charge in [-0.15, -0.1) is 0 Å². The fraction of sp³-hybridized carbons (Fsp3) is 0.778. The molecule has 0 aromatic heterocycles. The highest BCUT2D eigenvalue weighted by Gasteiger charge is 2.23. The van der Waals surface area contributed by atoms with Gasteiger partial charge in [-0.05, 0) is 13.8 Å². The molecule has 1 rings (SSSR count). The van der Waals surface area contributed by atoms with Crippen LogP contribution in [0.15, 0.2) is 0 Å². The van der Waals surface area contributed by atoms with E-state index in [4.69, 9.17) is 4.74 Å². The highest BCUT2D eigenvalue weighted by molar-refractivity contribution is 5.99. The van der Waals surface area contributed by atoms with Gasteiger partial charge < -0.3 is 4.74 Å². The van der Waals surface area contributed by atoms with Gasteiger partial charge in [0.25, 0.3) is 0 Å². The van der Waals surface area contributed by atoms with Crippen molar-refractivity contribution in [3.63, 3.8) is 0 Å². The van der Waals surface area contributed by atoms with Crippen LogP contribution in [0.3, 0.4) is 0 Å². The SMILES string of the molecule is CCOC(C)CN1CC(=O)NC(=O)C1. The number of ether oxygens (including phenoxy) is 1. The minimum Gasteiger partial charge on any atom is -0.377 e. The van der Waals surface area contributed by atoms with E-state index >= 15 is 0 Å². The zero-order valence-electron chi connectivity index (χ0n) is 8.58. The summed E-state index contributed by atoms with van der Waals surface area (Å²) < 4.78 is 5.33. The minimum atomic E-state index is -0.232. The lowest BCUT2D eigenvalue weighted by molar-refractivity contribution is -0.136. The van der Waals surface area contributed by atoms with E-state index in [1.807, 2.05) is 13.8 Å². The molecular weight excluding hydrogens is 184 g/mol. The third kappa shape index (κ3) is 3.43. The Balaban J connectivity index is 2.36. The van der Waals surface area contributed by atoms with Crippen molar-refractivity contribution < 1.29 is 14.3 Å². The molecule has 1 atom stereocenters. The molecule has 1 aliphatic rings. The van der Waals surface area contributed by atoms with E-state index in [1.54, 1.807) is 4.90 Å². The van der Waals surface area contributed by atoms with Crippen LogP contribution in [0.1, 0.15) is 13.8 Å². The summed E-state index contributed by atoms with van der Waals surface area (Å²) in [5.41, 5.74) is 0. The monoisotopic (exact) mass is 200 g/mol. The van der Waals surface area contributed by atoms with E-state index in [0.717, 1.165) is 0 Å². The molecule has 0 aliphatic carbocycles. The quantitative estimate of drug-likeness (QED) is 0.614. The van der Waals surface area contributed by atoms with E-state index < -0.39 is 0 Å². The van der Waals surface area contributed by atoms with Gasteiger partial charge in [0.2, 0.25) is 11.8 Å². The summed E-state index contributed by atoms with van der Waals surface area (Å²) in [7, 11) is 0. The Hall–Kier alpha value is -0.940. The summed E-state index contributed by atoms with van der Waals surface area (Å²) in [5.74, 6) is -0.463. The first-order valence-corrected chi connectivity index (χ1v) is 4.78. The molecule has 0 spiro atoms. The van der Waals surface area contributed by atoms with Gasteiger partial charge in [-0.25, -0.2) is 0 Å². The summed E-state index contributed by atoms with van der Waals surface area (Å²) in [6.07, 6.45) is 0.0544. The minimum absolute atomic E-state index is 0.0544. The summed E-state index contributed by atoms with van der Waals surface area (Å²) in [6, 6.07) is 0. The fourth-order valence-corrected chi connectivity index (χ4v) is 1.53. The van der Waals surface area contributed by atoms with Crippen LogP contribution in [-0.2, 0) is 14.3 Å². The number of imide groups is 1. The Bertz CT molecular complexity index is 214. The molecule has 1 saturated heterocycles. The molecule has 1 N–H and O–H groups in total. The Morgan fingerprint density at radius 3 is 2.50 bits per heavy atom. The average Bonchev–Trinajstić information content (AvgIpc) is 2.01. The van der Waals surface area contributed by atoms with Crippen molar-refractivity contribution in [1.82, 2.24) is 10.2 Å². The summed E-state index contributed by atoms with van der Waals surface area (Å²) in [5, 5.41) is 2.25. The lowest BCUT2D eigenvalue weighted by Gasteiger charge is -2.27. The molecule has 1 heterocycles. The number of nitrogens with one attached hydrogen (secondary N) is 1. The molecule has 1 aliphatic heterocycles. The van der Waals surface area contributed by atoms with Crippen LogP contribution >= 0.6 is 0 Å². The molecule has 1 unspecified atom stereocenters. The maximum Gasteiger partial charge on any atom is 0.240 e. The van der Waals surface area contributed by atoms with Crippen molar-refractivity contribution in [2.45, 2.75) is 20.0 Å². The van der Waals surface area contributed by atoms with Crippen LogP contribution in [0.2, 0.25) is 0 Å². The Kier molecular flexibility index (Phi) is 4.03. The molecule has 80 valence electrons. The van der Waals surface area contributed by atoms with Crippen LogP contribution in [0.4, 0.5) is 0 Å². The molecule has 0 saturated carbocycles. The topological polar surface area (TPSA) is 58.6 Å². The first-order valence-electron chi connectivity index (χ1n) is 4.78. The number of hydrogen-bond acceptors (Lipinski definition) is 4. The van der Waals surface area contributed by atoms with Crippen molar-refractivity contribution in [2.24, 2.45) is 0 Å². The van der Waals surface area contributed by atoms with E-state index in [2.05, 4.69) is 5.32 Å². The number of hydrogen-bond donors (Lipinski definition) is 1. The summed E-state index contributed by atoms with van der Waals surface area (Å²) in [6.45, 7) is 5.68. The second-order valence-electron chi connectivity index (χ2n) is 3.41. The molecule has 14 heavy (non-hydrogen) atoms. The van der Waals surface area contributed by atoms with Gasteiger partial charge in [0.1, 0.15) is 0 Å². The standard InChI is InChI=1S/C9H16N2O3/c1-3-14-7(2)4-11-5-8(12)10-9(13)6-11/h7H,3-6H2,1-2H3,(H,10,12,13). The van der Waals surface area contributed by atoms with Gasteiger partial charge in [0.05, 0.1) is 19.2 Å². The molecule has 0 radical (unpaired) electrons. The third-order valence-electron chi connectivity index (χ3n) is 1.98. The van der Waals surface area contributed by atoms with Crippen molar-refractivity contribution in [1.29, 1.82) is 0 Å². The number of carbonyl (C=O) groups excluding carboxylic acids is 2. The number of rotatable bonds is 4. The third-order valence-corrected chi connectivity index (χ3v) is 1.98. The first-order chi connectivity index (χ1) is 6.61. The molecule has 0 aromatic rings. The van der Waals surface area contributed by atoms with Crippen LogP contribution in [0.25, 0.3) is 0 Å². The Labute approximate surface area is 83.4 Å². The molecule has 0 bridgehead atoms. The van der Waals surface area contributed by atoms with Crippen LogP contribution in [0, 0.1) is 0 Å². The maximum absolute atomic E-state index is 11.0. The van der Waals surface area contributed by atoms with E-state index in [0.29, 0.717) is 13.2 Å². The van der Waals surface area contributed by atoms with Gasteiger partial charge in [-0.2, -0.15) is 0 Å². The van der Waals surface area contributed by atoms with Crippen molar-refractivity contribution in [3.05, 3.63) is 0 Å². The largest absolute Gasteiger partial charge is 0.377 e. The summed E-state index contributed by atoms with van der Waals surface area (Å²) >= 11 is 0. The molecule has 5 heteroatoms. The highest BCUT2D eigenvalue weighted by Crippen LogP contribution is 1.99. The molecule has 1 fully saturated rings. The van der Waals surface area contributed by atoms with Gasteiger partial charge in [0, 0.05) is 13.2 Å². The summed E-state index contributed by atoms with van der Waals surface area (Å²) in [4.78, 5) is 23.8. The zero-order chi connectivity index (χ0) is 10.6. The first kappa shape index (κ1) is 11.1. The van der Waals surface area contributed by atoms with E-state index in [9.17, 15) is 9.59 Å². The normalized spacial score (nSPS) is 20.7. The number of nitrogens with zero attached hydrogens (tertiary/aromatic N) is 1. The van der Waals surface area contributed by atoms with Crippen LogP contribution < -0.4 is 5.32 Å². The van der Waals surface area contributed by atoms with Gasteiger partial charge in [-0.3, -0.25) is 19.8 Å². The predicted octanol–water partition coefficient (Wildman–Crippen LogP) is -0.630. The van der Waals surface area contributed by atoms with E-state index in [-0.39, 0.29) is 31.0 Å². The molecule has 2 amide bonds. The molecule has 5 nitrogen and oxygen atoms in total. The Morgan fingerprint density at radius 1 is 1.43 bits per heavy atom. The smallest absolute Gasteiger partial charge is 0.240 e. The number of carbonyl (C=O) groups is 2. The highest BCUT2D eigenvalue weighted by atomic mass is 16.5. The second-order valence-corrected chi connectivity index (χ2v) is 3.41. The van der Waals surface area contributed by atoms with Gasteiger partial charge >= 0.3 is 0 Å². The lowest BCUT2D eigenvalue weighted by atomic mass is 10.3. The van der Waals surface area contributed by atoms with Crippen molar-refractivity contribution in [2.75, 3.05) is 26.2 Å². The van der Waals surface area contributed by atoms with Crippen LogP contribution in [0.5, 0.6) is 0 Å². The van der Waals surface area contributed by atoms with Crippen molar-refractivity contribution >= 4 is 11.8 Å². The van der Waals surface area contributed by atoms with E-state index in [1.165, 1.54) is 0 Å². The zero-order valence-corrected chi connectivity index (χ0v) is 8.58. The molecule has 0 aromatic carbocycles. The van der Waals surface area contributed by atoms with Crippen LogP contribution in [-0.4, -0.2) is 49.1 Å². The predicted molar refractivity (Wildman–Crippen MR) is 50.7 cm³/mol. The number of piperazine rings is 1. The average molecular weight is 200 g/mol. The second kappa shape index (κ2) is 5.07. The van der Waals surface area contributed by atoms with Crippen molar-refractivity contribution in [3.8, 4) is 0 Å². The van der Waals surface area contributed by atoms with Gasteiger partial charge in [-0.1, -0.05) is 0 Å². The molecular formula is C9H16N2O3. The Morgan fingerprint density at radius 2 is 2.00 bits per heavy atom. The number of amides is 2. The fourth-order valence-electron chi connectivity index (χ4n) is 1.53. The maximum atomic E-state index is 11.0.